The average molecular weight is 376 g/mol. The molecule has 2 aromatic rings. The van der Waals surface area contributed by atoms with Gasteiger partial charge in [0.15, 0.2) is 11.5 Å². The van der Waals surface area contributed by atoms with Gasteiger partial charge in [0.1, 0.15) is 6.61 Å². The van der Waals surface area contributed by atoms with E-state index in [1.54, 1.807) is 37.6 Å². The molecule has 148 valence electrons. The predicted molar refractivity (Wildman–Crippen MR) is 101 cm³/mol. The van der Waals surface area contributed by atoms with Gasteiger partial charge in [-0.15, -0.1) is 0 Å². The van der Waals surface area contributed by atoms with Crippen LogP contribution < -0.4 is 9.47 Å². The summed E-state index contributed by atoms with van der Waals surface area (Å²) in [7, 11) is 0. The molecule has 27 heavy (non-hydrogen) atoms. The summed E-state index contributed by atoms with van der Waals surface area (Å²) in [5.74, 6) is 0.752. The van der Waals surface area contributed by atoms with Crippen LogP contribution in [0.3, 0.4) is 0 Å². The lowest BCUT2D eigenvalue weighted by atomic mass is 10.2. The van der Waals surface area contributed by atoms with Gasteiger partial charge in [0.25, 0.3) is 0 Å². The Balaban J connectivity index is 1.95. The van der Waals surface area contributed by atoms with Crippen LogP contribution in [0.5, 0.6) is 11.5 Å². The molecule has 1 aromatic heterocycles. The molecule has 0 aliphatic rings. The van der Waals surface area contributed by atoms with E-state index in [0.29, 0.717) is 43.4 Å². The summed E-state index contributed by atoms with van der Waals surface area (Å²) in [6.45, 7) is 3.97. The number of hydrogen-bond acceptors (Lipinski definition) is 6. The molecular weight excluding hydrogens is 348 g/mol. The Morgan fingerprint density at radius 1 is 1.11 bits per heavy atom. The highest BCUT2D eigenvalue weighted by Gasteiger charge is 2.13. The first-order valence-electron chi connectivity index (χ1n) is 9.38. The van der Waals surface area contributed by atoms with Gasteiger partial charge >= 0.3 is 5.97 Å². The number of aromatic nitrogens is 2. The van der Waals surface area contributed by atoms with Crippen LogP contribution in [0, 0.1) is 0 Å². The van der Waals surface area contributed by atoms with Crippen LogP contribution in [-0.2, 0) is 11.3 Å². The lowest BCUT2D eigenvalue weighted by Crippen LogP contribution is -2.09. The molecular formula is C20H28N2O5. The summed E-state index contributed by atoms with van der Waals surface area (Å²) < 4.78 is 18.7. The van der Waals surface area contributed by atoms with Crippen molar-refractivity contribution in [3.05, 3.63) is 42.5 Å². The Kier molecular flexibility index (Phi) is 9.20. The topological polar surface area (TPSA) is 82.8 Å². The van der Waals surface area contributed by atoms with E-state index in [2.05, 4.69) is 4.98 Å². The normalized spacial score (nSPS) is 10.6. The Morgan fingerprint density at radius 2 is 1.93 bits per heavy atom. The highest BCUT2D eigenvalue weighted by Crippen LogP contribution is 2.29. The SMILES string of the molecule is CCOC(=O)c1ccc(OCCn2ccnc2)c(OCCCCCCO)c1. The molecule has 2 rings (SSSR count). The number of benzene rings is 1. The maximum Gasteiger partial charge on any atom is 0.338 e. The largest absolute Gasteiger partial charge is 0.490 e. The monoisotopic (exact) mass is 376 g/mol. The van der Waals surface area contributed by atoms with Crippen molar-refractivity contribution >= 4 is 5.97 Å². The number of nitrogens with zero attached hydrogens (tertiary/aromatic N) is 2. The second-order valence-corrected chi connectivity index (χ2v) is 6.02. The van der Waals surface area contributed by atoms with E-state index in [9.17, 15) is 4.79 Å². The number of hydrogen-bond donors (Lipinski definition) is 1. The van der Waals surface area contributed by atoms with E-state index in [1.165, 1.54) is 0 Å². The highest BCUT2D eigenvalue weighted by molar-refractivity contribution is 5.90. The standard InChI is InChI=1S/C20H28N2O5/c1-2-25-20(24)17-7-8-18(27-14-11-22-10-9-21-16-22)19(15-17)26-13-6-4-3-5-12-23/h7-10,15-16,23H,2-6,11-14H2,1H3. The third kappa shape index (κ3) is 7.30. The predicted octanol–water partition coefficient (Wildman–Crippen LogP) is 3.07. The van der Waals surface area contributed by atoms with E-state index < -0.39 is 0 Å². The lowest BCUT2D eigenvalue weighted by Gasteiger charge is -2.14. The van der Waals surface area contributed by atoms with Gasteiger partial charge in [0.2, 0.25) is 0 Å². The van der Waals surface area contributed by atoms with E-state index in [-0.39, 0.29) is 12.6 Å². The lowest BCUT2D eigenvalue weighted by molar-refractivity contribution is 0.0525. The summed E-state index contributed by atoms with van der Waals surface area (Å²) in [4.78, 5) is 16.0. The minimum atomic E-state index is -0.379. The summed E-state index contributed by atoms with van der Waals surface area (Å²) in [6.07, 6.45) is 8.96. The number of carbonyl (C=O) groups is 1. The minimum Gasteiger partial charge on any atom is -0.490 e. The first kappa shape index (κ1) is 20.8. The Hall–Kier alpha value is -2.54. The number of aliphatic hydroxyl groups is 1. The van der Waals surface area contributed by atoms with Crippen molar-refractivity contribution in [2.45, 2.75) is 39.2 Å². The van der Waals surface area contributed by atoms with Crippen LogP contribution in [0.15, 0.2) is 36.9 Å². The zero-order valence-corrected chi connectivity index (χ0v) is 15.8. The molecule has 0 saturated heterocycles. The van der Waals surface area contributed by atoms with Gasteiger partial charge in [-0.3, -0.25) is 0 Å². The molecule has 0 bridgehead atoms. The minimum absolute atomic E-state index is 0.220. The average Bonchev–Trinajstić information content (AvgIpc) is 3.19. The number of rotatable bonds is 13. The zero-order chi connectivity index (χ0) is 19.3. The first-order valence-corrected chi connectivity index (χ1v) is 9.38. The molecule has 0 fully saturated rings. The summed E-state index contributed by atoms with van der Waals surface area (Å²) in [5, 5.41) is 8.82. The van der Waals surface area contributed by atoms with Crippen molar-refractivity contribution in [2.24, 2.45) is 0 Å². The van der Waals surface area contributed by atoms with Crippen molar-refractivity contribution in [2.75, 3.05) is 26.4 Å². The molecule has 0 atom stereocenters. The second-order valence-electron chi connectivity index (χ2n) is 6.02. The molecule has 1 N–H and O–H groups in total. The molecule has 0 aliphatic heterocycles. The molecule has 0 radical (unpaired) electrons. The van der Waals surface area contributed by atoms with Crippen molar-refractivity contribution in [3.63, 3.8) is 0 Å². The van der Waals surface area contributed by atoms with Gasteiger partial charge in [-0.1, -0.05) is 6.42 Å². The molecule has 0 amide bonds. The van der Waals surface area contributed by atoms with Crippen molar-refractivity contribution in [3.8, 4) is 11.5 Å². The van der Waals surface area contributed by atoms with Crippen LogP contribution in [-0.4, -0.2) is 47.1 Å². The summed E-state index contributed by atoms with van der Waals surface area (Å²) >= 11 is 0. The van der Waals surface area contributed by atoms with Crippen molar-refractivity contribution in [1.29, 1.82) is 0 Å². The number of aliphatic hydroxyl groups excluding tert-OH is 1. The van der Waals surface area contributed by atoms with Crippen LogP contribution >= 0.6 is 0 Å². The van der Waals surface area contributed by atoms with Crippen molar-refractivity contribution in [1.82, 2.24) is 9.55 Å². The number of ether oxygens (including phenoxy) is 3. The number of esters is 1. The summed E-state index contributed by atoms with van der Waals surface area (Å²) in [6, 6.07) is 5.08. The van der Waals surface area contributed by atoms with Gasteiger partial charge < -0.3 is 23.9 Å². The second kappa shape index (κ2) is 12.0. The number of unbranched alkanes of at least 4 members (excludes halogenated alkanes) is 3. The van der Waals surface area contributed by atoms with E-state index >= 15 is 0 Å². The smallest absolute Gasteiger partial charge is 0.338 e. The third-order valence-corrected chi connectivity index (χ3v) is 3.93. The highest BCUT2D eigenvalue weighted by atomic mass is 16.5. The molecule has 0 aliphatic carbocycles. The fraction of sp³-hybridized carbons (Fsp3) is 0.500. The van der Waals surface area contributed by atoms with E-state index in [4.69, 9.17) is 19.3 Å². The Bertz CT molecular complexity index is 673. The van der Waals surface area contributed by atoms with Crippen LogP contribution in [0.4, 0.5) is 0 Å². The fourth-order valence-electron chi connectivity index (χ4n) is 2.51. The Labute approximate surface area is 159 Å². The third-order valence-electron chi connectivity index (χ3n) is 3.93. The van der Waals surface area contributed by atoms with Gasteiger partial charge in [-0.25, -0.2) is 9.78 Å². The van der Waals surface area contributed by atoms with Gasteiger partial charge in [0, 0.05) is 19.0 Å². The van der Waals surface area contributed by atoms with Crippen LogP contribution in [0.25, 0.3) is 0 Å². The maximum atomic E-state index is 12.0. The number of carbonyl (C=O) groups excluding carboxylic acids is 1. The van der Waals surface area contributed by atoms with Crippen LogP contribution in [0.1, 0.15) is 43.0 Å². The van der Waals surface area contributed by atoms with Crippen molar-refractivity contribution < 1.29 is 24.1 Å². The fourth-order valence-corrected chi connectivity index (χ4v) is 2.51. The van der Waals surface area contributed by atoms with Gasteiger partial charge in [-0.05, 0) is 44.4 Å². The van der Waals surface area contributed by atoms with Gasteiger partial charge in [0.05, 0.1) is 31.6 Å². The molecule has 7 nitrogen and oxygen atoms in total. The number of imidazole rings is 1. The zero-order valence-electron chi connectivity index (χ0n) is 15.8. The molecule has 1 aromatic carbocycles. The van der Waals surface area contributed by atoms with E-state index in [1.807, 2.05) is 10.8 Å². The molecule has 0 saturated carbocycles. The van der Waals surface area contributed by atoms with E-state index in [0.717, 1.165) is 25.7 Å². The molecule has 7 heteroatoms. The van der Waals surface area contributed by atoms with Crippen LogP contribution in [0.2, 0.25) is 0 Å². The molecule has 0 unspecified atom stereocenters. The molecule has 1 heterocycles. The first-order chi connectivity index (χ1) is 13.2. The van der Waals surface area contributed by atoms with Gasteiger partial charge in [-0.2, -0.15) is 0 Å². The molecule has 0 spiro atoms. The summed E-state index contributed by atoms with van der Waals surface area (Å²) in [5.41, 5.74) is 0.439. The Morgan fingerprint density at radius 3 is 2.67 bits per heavy atom. The quantitative estimate of drug-likeness (QED) is 0.427. The maximum absolute atomic E-state index is 12.0.